The summed E-state index contributed by atoms with van der Waals surface area (Å²) in [6.07, 6.45) is 8.43. The maximum atomic E-state index is 12.4. The van der Waals surface area contributed by atoms with Crippen molar-refractivity contribution in [2.45, 2.75) is 44.2 Å². The zero-order valence-corrected chi connectivity index (χ0v) is 10.8. The summed E-state index contributed by atoms with van der Waals surface area (Å²) < 4.78 is 9.06. The Labute approximate surface area is 110 Å². The van der Waals surface area contributed by atoms with E-state index in [1.54, 1.807) is 9.08 Å². The van der Waals surface area contributed by atoms with Gasteiger partial charge in [-0.1, -0.05) is 0 Å². The van der Waals surface area contributed by atoms with Crippen molar-refractivity contribution < 1.29 is 4.74 Å². The van der Waals surface area contributed by atoms with E-state index in [9.17, 15) is 4.79 Å². The highest BCUT2D eigenvalue weighted by Crippen LogP contribution is 2.39. The Morgan fingerprint density at radius 2 is 2.21 bits per heavy atom. The summed E-state index contributed by atoms with van der Waals surface area (Å²) in [5.74, 6) is 0.575. The number of nitrogens with zero attached hydrogens (tertiary/aromatic N) is 3. The minimum absolute atomic E-state index is 0.0393. The lowest BCUT2D eigenvalue weighted by Gasteiger charge is -2.11. The first-order valence-electron chi connectivity index (χ1n) is 7.01. The van der Waals surface area contributed by atoms with Crippen LogP contribution < -0.4 is 5.56 Å². The third-order valence-electron chi connectivity index (χ3n) is 4.04. The van der Waals surface area contributed by atoms with E-state index in [1.165, 1.54) is 12.8 Å². The number of fused-ring (bicyclic) bond motifs is 1. The Kier molecular flexibility index (Phi) is 2.48. The molecule has 5 heteroatoms. The monoisotopic (exact) mass is 259 g/mol. The van der Waals surface area contributed by atoms with Crippen molar-refractivity contribution in [2.75, 3.05) is 6.61 Å². The van der Waals surface area contributed by atoms with Crippen LogP contribution in [-0.2, 0) is 11.3 Å². The highest BCUT2D eigenvalue weighted by molar-refractivity contribution is 5.46. The zero-order valence-electron chi connectivity index (χ0n) is 10.8. The van der Waals surface area contributed by atoms with Crippen LogP contribution in [-0.4, -0.2) is 26.9 Å². The van der Waals surface area contributed by atoms with Gasteiger partial charge in [0.1, 0.15) is 5.52 Å². The molecule has 1 saturated carbocycles. The highest BCUT2D eigenvalue weighted by atomic mass is 16.5. The van der Waals surface area contributed by atoms with Gasteiger partial charge in [-0.25, -0.2) is 4.52 Å². The van der Waals surface area contributed by atoms with Crippen LogP contribution in [0.2, 0.25) is 0 Å². The largest absolute Gasteiger partial charge is 0.376 e. The molecule has 100 valence electrons. The van der Waals surface area contributed by atoms with Crippen molar-refractivity contribution in [1.82, 2.24) is 14.2 Å². The molecule has 4 rings (SSSR count). The third-order valence-corrected chi connectivity index (χ3v) is 4.04. The molecule has 19 heavy (non-hydrogen) atoms. The van der Waals surface area contributed by atoms with E-state index < -0.39 is 0 Å². The summed E-state index contributed by atoms with van der Waals surface area (Å²) in [5, 5.41) is 4.48. The second kappa shape index (κ2) is 4.20. The van der Waals surface area contributed by atoms with Crippen molar-refractivity contribution in [3.63, 3.8) is 0 Å². The average molecular weight is 259 g/mol. The SMILES string of the molecule is O=c1c2cc(C3CC3)nn2ccn1CC1CCCO1. The number of rotatable bonds is 3. The Morgan fingerprint density at radius 1 is 1.32 bits per heavy atom. The van der Waals surface area contributed by atoms with Gasteiger partial charge in [-0.3, -0.25) is 4.79 Å². The fourth-order valence-corrected chi connectivity index (χ4v) is 2.78. The minimum Gasteiger partial charge on any atom is -0.376 e. The van der Waals surface area contributed by atoms with Crippen molar-refractivity contribution >= 4 is 5.52 Å². The fourth-order valence-electron chi connectivity index (χ4n) is 2.78. The fraction of sp³-hybridized carbons (Fsp3) is 0.571. The molecule has 5 nitrogen and oxygen atoms in total. The van der Waals surface area contributed by atoms with Crippen LogP contribution in [0, 0.1) is 0 Å². The molecule has 0 radical (unpaired) electrons. The van der Waals surface area contributed by atoms with Gasteiger partial charge in [0.05, 0.1) is 18.3 Å². The number of ether oxygens (including phenoxy) is 1. The van der Waals surface area contributed by atoms with Gasteiger partial charge in [-0.15, -0.1) is 0 Å². The summed E-state index contributed by atoms with van der Waals surface area (Å²) in [7, 11) is 0. The van der Waals surface area contributed by atoms with E-state index in [4.69, 9.17) is 4.74 Å². The molecule has 2 aliphatic rings. The van der Waals surface area contributed by atoms with Gasteiger partial charge in [0.25, 0.3) is 5.56 Å². The van der Waals surface area contributed by atoms with Crippen LogP contribution in [0.1, 0.15) is 37.3 Å². The summed E-state index contributed by atoms with van der Waals surface area (Å²) in [6, 6.07) is 1.95. The van der Waals surface area contributed by atoms with Gasteiger partial charge in [0.15, 0.2) is 0 Å². The molecule has 1 saturated heterocycles. The van der Waals surface area contributed by atoms with E-state index in [1.807, 2.05) is 18.5 Å². The van der Waals surface area contributed by atoms with Gasteiger partial charge in [-0.2, -0.15) is 5.10 Å². The molecule has 2 aromatic rings. The summed E-state index contributed by atoms with van der Waals surface area (Å²) in [5.41, 5.74) is 1.78. The molecule has 2 fully saturated rings. The first-order chi connectivity index (χ1) is 9.31. The van der Waals surface area contributed by atoms with Crippen LogP contribution >= 0.6 is 0 Å². The van der Waals surface area contributed by atoms with Crippen LogP contribution in [0.3, 0.4) is 0 Å². The van der Waals surface area contributed by atoms with Crippen molar-refractivity contribution in [3.8, 4) is 0 Å². The number of hydrogen-bond acceptors (Lipinski definition) is 3. The van der Waals surface area contributed by atoms with Gasteiger partial charge >= 0.3 is 0 Å². The lowest BCUT2D eigenvalue weighted by molar-refractivity contribution is 0.0962. The smallest absolute Gasteiger partial charge is 0.276 e. The predicted octanol–water partition coefficient (Wildman–Crippen LogP) is 1.55. The Hall–Kier alpha value is -1.62. The third kappa shape index (κ3) is 1.98. The molecule has 1 aliphatic heterocycles. The molecule has 2 aromatic heterocycles. The van der Waals surface area contributed by atoms with Crippen LogP contribution in [0.25, 0.3) is 5.52 Å². The van der Waals surface area contributed by atoms with E-state index in [-0.39, 0.29) is 11.7 Å². The average Bonchev–Trinajstić information content (AvgIpc) is 2.97. The molecule has 1 atom stereocenters. The van der Waals surface area contributed by atoms with E-state index in [0.717, 1.165) is 25.1 Å². The number of hydrogen-bond donors (Lipinski definition) is 0. The molecule has 0 bridgehead atoms. The molecule has 0 amide bonds. The van der Waals surface area contributed by atoms with Crippen LogP contribution in [0.4, 0.5) is 0 Å². The molecular formula is C14H17N3O2. The van der Waals surface area contributed by atoms with E-state index >= 15 is 0 Å². The Morgan fingerprint density at radius 3 is 2.95 bits per heavy atom. The Bertz CT molecular complexity index is 663. The maximum Gasteiger partial charge on any atom is 0.276 e. The summed E-state index contributed by atoms with van der Waals surface area (Å²) in [4.78, 5) is 12.4. The summed E-state index contributed by atoms with van der Waals surface area (Å²) >= 11 is 0. The van der Waals surface area contributed by atoms with E-state index in [2.05, 4.69) is 5.10 Å². The Balaban J connectivity index is 1.71. The molecule has 1 aliphatic carbocycles. The van der Waals surface area contributed by atoms with Crippen LogP contribution in [0.5, 0.6) is 0 Å². The topological polar surface area (TPSA) is 48.5 Å². The minimum atomic E-state index is 0.0393. The zero-order chi connectivity index (χ0) is 12.8. The molecule has 0 N–H and O–H groups in total. The molecule has 3 heterocycles. The molecular weight excluding hydrogens is 242 g/mol. The van der Waals surface area contributed by atoms with Gasteiger partial charge in [0.2, 0.25) is 0 Å². The first kappa shape index (κ1) is 11.2. The molecule has 1 unspecified atom stereocenters. The number of aromatic nitrogens is 3. The van der Waals surface area contributed by atoms with Gasteiger partial charge in [0, 0.05) is 24.9 Å². The lowest BCUT2D eigenvalue weighted by atomic mass is 10.2. The van der Waals surface area contributed by atoms with Gasteiger partial charge < -0.3 is 9.30 Å². The van der Waals surface area contributed by atoms with Gasteiger partial charge in [-0.05, 0) is 31.7 Å². The summed E-state index contributed by atoms with van der Waals surface area (Å²) in [6.45, 7) is 1.47. The normalized spacial score (nSPS) is 23.3. The quantitative estimate of drug-likeness (QED) is 0.840. The highest BCUT2D eigenvalue weighted by Gasteiger charge is 2.27. The predicted molar refractivity (Wildman–Crippen MR) is 70.4 cm³/mol. The van der Waals surface area contributed by atoms with Crippen molar-refractivity contribution in [3.05, 3.63) is 34.5 Å². The van der Waals surface area contributed by atoms with Crippen LogP contribution in [0.15, 0.2) is 23.3 Å². The first-order valence-corrected chi connectivity index (χ1v) is 7.01. The van der Waals surface area contributed by atoms with Crippen molar-refractivity contribution in [2.24, 2.45) is 0 Å². The second-order valence-electron chi connectivity index (χ2n) is 5.56. The van der Waals surface area contributed by atoms with Crippen molar-refractivity contribution in [1.29, 1.82) is 0 Å². The lowest BCUT2D eigenvalue weighted by Crippen LogP contribution is -2.26. The second-order valence-corrected chi connectivity index (χ2v) is 5.56. The molecule has 0 spiro atoms. The molecule has 0 aromatic carbocycles. The maximum absolute atomic E-state index is 12.4. The standard InChI is InChI=1S/C14H17N3O2/c18-14-13-8-12(10-3-4-10)15-17(13)6-5-16(14)9-11-2-1-7-19-11/h5-6,8,10-11H,1-4,7,9H2. The van der Waals surface area contributed by atoms with E-state index in [0.29, 0.717) is 18.0 Å².